The minimum atomic E-state index is -0.427. The molecule has 2 N–H and O–H groups in total. The summed E-state index contributed by atoms with van der Waals surface area (Å²) < 4.78 is 0. The van der Waals surface area contributed by atoms with Crippen LogP contribution in [-0.2, 0) is 0 Å². The number of rotatable bonds is 7. The van der Waals surface area contributed by atoms with E-state index in [0.717, 1.165) is 24.8 Å². The van der Waals surface area contributed by atoms with Crippen molar-refractivity contribution in [2.45, 2.75) is 46.1 Å². The molecule has 0 bridgehead atoms. The lowest BCUT2D eigenvalue weighted by Gasteiger charge is -2.26. The molecule has 4 heteroatoms. The predicted octanol–water partition coefficient (Wildman–Crippen LogP) is 3.90. The van der Waals surface area contributed by atoms with Crippen LogP contribution in [0, 0.1) is 5.92 Å². The molecule has 1 aliphatic heterocycles. The van der Waals surface area contributed by atoms with Crippen molar-refractivity contribution in [3.63, 3.8) is 0 Å². The quantitative estimate of drug-likeness (QED) is 0.610. The molecule has 1 aromatic rings. The van der Waals surface area contributed by atoms with E-state index in [1.165, 1.54) is 4.90 Å². The van der Waals surface area contributed by atoms with Crippen LogP contribution < -0.4 is 5.73 Å². The first kappa shape index (κ1) is 18.0. The van der Waals surface area contributed by atoms with Crippen molar-refractivity contribution in [2.24, 2.45) is 11.7 Å². The first-order valence-electron chi connectivity index (χ1n) is 8.54. The van der Waals surface area contributed by atoms with Crippen molar-refractivity contribution in [1.29, 1.82) is 0 Å². The molecule has 1 aromatic carbocycles. The summed E-state index contributed by atoms with van der Waals surface area (Å²) in [6.07, 6.45) is 4.51. The van der Waals surface area contributed by atoms with Gasteiger partial charge in [-0.25, -0.2) is 0 Å². The summed E-state index contributed by atoms with van der Waals surface area (Å²) in [4.78, 5) is 26.6. The number of carbonyl (C=O) groups is 2. The summed E-state index contributed by atoms with van der Waals surface area (Å²) >= 11 is 0. The Labute approximate surface area is 144 Å². The van der Waals surface area contributed by atoms with Gasteiger partial charge in [-0.2, -0.15) is 0 Å². The van der Waals surface area contributed by atoms with Crippen molar-refractivity contribution in [3.05, 3.63) is 59.3 Å². The summed E-state index contributed by atoms with van der Waals surface area (Å²) in [7, 11) is 0. The molecule has 0 unspecified atom stereocenters. The smallest absolute Gasteiger partial charge is 0.262 e. The number of imide groups is 1. The summed E-state index contributed by atoms with van der Waals surface area (Å²) in [5.41, 5.74) is 8.69. The standard InChI is InChI=1S/C20H26N2O2/c1-5-14(6-2)12-18(21)15(7-3)13(4)22-19(23)16-10-8-9-11-17(16)20(22)24/h7-11,13-14H,3,5-6,12,21H2,1-2,4H3/b18-15+/t13-/m0/s1. The molecule has 128 valence electrons. The molecule has 1 aliphatic rings. The van der Waals surface area contributed by atoms with Gasteiger partial charge in [0.2, 0.25) is 0 Å². The summed E-state index contributed by atoms with van der Waals surface area (Å²) in [6.45, 7) is 9.96. The second-order valence-corrected chi connectivity index (χ2v) is 6.27. The van der Waals surface area contributed by atoms with Gasteiger partial charge in [-0.15, -0.1) is 0 Å². The Morgan fingerprint density at radius 2 is 1.67 bits per heavy atom. The lowest BCUT2D eigenvalue weighted by molar-refractivity contribution is 0.0620. The molecule has 0 saturated heterocycles. The highest BCUT2D eigenvalue weighted by Gasteiger charge is 2.39. The molecule has 0 aromatic heterocycles. The second-order valence-electron chi connectivity index (χ2n) is 6.27. The Kier molecular flexibility index (Phi) is 5.60. The van der Waals surface area contributed by atoms with E-state index in [9.17, 15) is 9.59 Å². The van der Waals surface area contributed by atoms with Gasteiger partial charge in [0.15, 0.2) is 0 Å². The van der Waals surface area contributed by atoms with E-state index in [0.29, 0.717) is 22.7 Å². The SMILES string of the molecule is C=C/C(=C(\N)CC(CC)CC)[C@H](C)N1C(=O)c2ccccc2C1=O. The topological polar surface area (TPSA) is 63.4 Å². The average Bonchev–Trinajstić information content (AvgIpc) is 2.84. The highest BCUT2D eigenvalue weighted by Crippen LogP contribution is 2.29. The third-order valence-electron chi connectivity index (χ3n) is 4.92. The van der Waals surface area contributed by atoms with Gasteiger partial charge in [-0.3, -0.25) is 14.5 Å². The molecule has 2 amide bonds. The molecule has 0 saturated carbocycles. The van der Waals surface area contributed by atoms with Crippen LogP contribution in [0.25, 0.3) is 0 Å². The zero-order valence-electron chi connectivity index (χ0n) is 14.7. The molecule has 2 rings (SSSR count). The predicted molar refractivity (Wildman–Crippen MR) is 96.5 cm³/mol. The van der Waals surface area contributed by atoms with Crippen LogP contribution in [0.2, 0.25) is 0 Å². The molecule has 1 heterocycles. The number of nitrogens with two attached hydrogens (primary N) is 1. The molecule has 0 radical (unpaired) electrons. The second kappa shape index (κ2) is 7.47. The third-order valence-corrected chi connectivity index (χ3v) is 4.92. The van der Waals surface area contributed by atoms with Crippen LogP contribution in [0.5, 0.6) is 0 Å². The zero-order valence-corrected chi connectivity index (χ0v) is 14.7. The van der Waals surface area contributed by atoms with Crippen molar-refractivity contribution in [3.8, 4) is 0 Å². The number of hydrogen-bond acceptors (Lipinski definition) is 3. The minimum absolute atomic E-state index is 0.266. The molecule has 0 spiro atoms. The van der Waals surface area contributed by atoms with E-state index in [2.05, 4.69) is 20.4 Å². The maximum absolute atomic E-state index is 12.6. The maximum atomic E-state index is 12.6. The fourth-order valence-corrected chi connectivity index (χ4v) is 3.27. The zero-order chi connectivity index (χ0) is 17.9. The Morgan fingerprint density at radius 1 is 1.17 bits per heavy atom. The Balaban J connectivity index is 2.33. The number of fused-ring (bicyclic) bond motifs is 1. The number of hydrogen-bond donors (Lipinski definition) is 1. The van der Waals surface area contributed by atoms with E-state index in [4.69, 9.17) is 5.73 Å². The minimum Gasteiger partial charge on any atom is -0.402 e. The number of amides is 2. The van der Waals surface area contributed by atoms with Crippen LogP contribution in [0.3, 0.4) is 0 Å². The van der Waals surface area contributed by atoms with Crippen molar-refractivity contribution in [2.75, 3.05) is 0 Å². The summed E-state index contributed by atoms with van der Waals surface area (Å²) in [6, 6.07) is 6.48. The van der Waals surface area contributed by atoms with Gasteiger partial charge in [-0.05, 0) is 37.0 Å². The molecular weight excluding hydrogens is 300 g/mol. The molecule has 4 nitrogen and oxygen atoms in total. The van der Waals surface area contributed by atoms with Crippen LogP contribution >= 0.6 is 0 Å². The average molecular weight is 326 g/mol. The van der Waals surface area contributed by atoms with Crippen molar-refractivity contribution in [1.82, 2.24) is 4.90 Å². The Bertz CT molecular complexity index is 652. The van der Waals surface area contributed by atoms with E-state index < -0.39 is 6.04 Å². The van der Waals surface area contributed by atoms with Gasteiger partial charge in [-0.1, -0.05) is 51.5 Å². The van der Waals surface area contributed by atoms with Gasteiger partial charge in [0, 0.05) is 5.70 Å². The van der Waals surface area contributed by atoms with Crippen LogP contribution in [0.15, 0.2) is 48.2 Å². The number of allylic oxidation sites excluding steroid dienone is 1. The van der Waals surface area contributed by atoms with Crippen LogP contribution in [-0.4, -0.2) is 22.8 Å². The monoisotopic (exact) mass is 326 g/mol. The number of benzene rings is 1. The highest BCUT2D eigenvalue weighted by atomic mass is 16.2. The van der Waals surface area contributed by atoms with Gasteiger partial charge in [0.1, 0.15) is 0 Å². The summed E-state index contributed by atoms with van der Waals surface area (Å²) in [5, 5.41) is 0. The van der Waals surface area contributed by atoms with Crippen LogP contribution in [0.1, 0.15) is 60.7 Å². The van der Waals surface area contributed by atoms with Gasteiger partial charge >= 0.3 is 0 Å². The van der Waals surface area contributed by atoms with E-state index in [1.54, 1.807) is 30.3 Å². The maximum Gasteiger partial charge on any atom is 0.262 e. The lowest BCUT2D eigenvalue weighted by Crippen LogP contribution is -2.39. The molecule has 1 atom stereocenters. The fraction of sp³-hybridized carbons (Fsp3) is 0.400. The largest absolute Gasteiger partial charge is 0.402 e. The highest BCUT2D eigenvalue weighted by molar-refractivity contribution is 6.21. The number of nitrogens with zero attached hydrogens (tertiary/aromatic N) is 1. The molecular formula is C20H26N2O2. The Morgan fingerprint density at radius 3 is 2.08 bits per heavy atom. The van der Waals surface area contributed by atoms with E-state index >= 15 is 0 Å². The normalized spacial score (nSPS) is 16.2. The Hall–Kier alpha value is -2.36. The first-order chi connectivity index (χ1) is 11.5. The first-order valence-corrected chi connectivity index (χ1v) is 8.54. The van der Waals surface area contributed by atoms with Gasteiger partial charge in [0.05, 0.1) is 17.2 Å². The lowest BCUT2D eigenvalue weighted by atomic mass is 9.93. The molecule has 24 heavy (non-hydrogen) atoms. The third kappa shape index (κ3) is 3.14. The van der Waals surface area contributed by atoms with Crippen molar-refractivity contribution >= 4 is 11.8 Å². The van der Waals surface area contributed by atoms with Crippen LogP contribution in [0.4, 0.5) is 0 Å². The summed E-state index contributed by atoms with van der Waals surface area (Å²) in [5.74, 6) is -0.0371. The fourth-order valence-electron chi connectivity index (χ4n) is 3.27. The van der Waals surface area contributed by atoms with Gasteiger partial charge in [0.25, 0.3) is 11.8 Å². The van der Waals surface area contributed by atoms with Gasteiger partial charge < -0.3 is 5.73 Å². The van der Waals surface area contributed by atoms with E-state index in [-0.39, 0.29) is 11.8 Å². The van der Waals surface area contributed by atoms with E-state index in [1.807, 2.05) is 6.92 Å². The van der Waals surface area contributed by atoms with Crippen molar-refractivity contribution < 1.29 is 9.59 Å². The molecule has 0 aliphatic carbocycles. The molecule has 0 fully saturated rings. The number of carbonyl (C=O) groups excluding carboxylic acids is 2.